The highest BCUT2D eigenvalue weighted by molar-refractivity contribution is 7.13. The van der Waals surface area contributed by atoms with Gasteiger partial charge in [-0.15, -0.1) is 11.3 Å². The second-order valence-electron chi connectivity index (χ2n) is 6.25. The Morgan fingerprint density at radius 2 is 2.13 bits per heavy atom. The molecule has 3 aromatic heterocycles. The number of rotatable bonds is 3. The summed E-state index contributed by atoms with van der Waals surface area (Å²) in [4.78, 5) is 20.1. The Hall–Kier alpha value is -2.14. The molecule has 118 valence electrons. The highest BCUT2D eigenvalue weighted by Gasteiger charge is 2.21. The molecule has 3 aromatic rings. The van der Waals surface area contributed by atoms with Crippen molar-refractivity contribution in [1.82, 2.24) is 14.5 Å². The average molecular weight is 325 g/mol. The number of nitrogens with zero attached hydrogens (tertiary/aromatic N) is 3. The monoisotopic (exact) mass is 325 g/mol. The molecule has 0 N–H and O–H groups in total. The van der Waals surface area contributed by atoms with Crippen LogP contribution in [0.2, 0.25) is 0 Å². The highest BCUT2D eigenvalue weighted by Crippen LogP contribution is 2.30. The standard InChI is InChI=1S/C18H19N3OS/c1-12-6-16(23-11-12)14-7-15-18(19-8-14)13(2)9-21(15)10-17(22)20-4-3-5-20/h6-9,11H,3-5,10H2,1-2H3. The van der Waals surface area contributed by atoms with Gasteiger partial charge in [0.25, 0.3) is 0 Å². The molecule has 1 amide bonds. The number of hydrogen-bond donors (Lipinski definition) is 0. The molecule has 4 rings (SSSR count). The van der Waals surface area contributed by atoms with Crippen LogP contribution in [0.5, 0.6) is 0 Å². The van der Waals surface area contributed by atoms with Crippen molar-refractivity contribution in [3.05, 3.63) is 41.0 Å². The minimum atomic E-state index is 0.200. The zero-order chi connectivity index (χ0) is 16.0. The minimum absolute atomic E-state index is 0.200. The predicted molar refractivity (Wildman–Crippen MR) is 93.7 cm³/mol. The van der Waals surface area contributed by atoms with Crippen LogP contribution in [0, 0.1) is 13.8 Å². The second kappa shape index (κ2) is 5.49. The third kappa shape index (κ3) is 2.55. The number of aromatic nitrogens is 2. The number of carbonyl (C=O) groups is 1. The fourth-order valence-corrected chi connectivity index (χ4v) is 3.88. The van der Waals surface area contributed by atoms with Crippen LogP contribution in [0.25, 0.3) is 21.5 Å². The van der Waals surface area contributed by atoms with Gasteiger partial charge in [0.05, 0.1) is 11.0 Å². The molecule has 1 aliphatic heterocycles. The normalized spacial score (nSPS) is 14.3. The van der Waals surface area contributed by atoms with Crippen molar-refractivity contribution in [1.29, 1.82) is 0 Å². The van der Waals surface area contributed by atoms with Crippen molar-refractivity contribution in [2.75, 3.05) is 13.1 Å². The quantitative estimate of drug-likeness (QED) is 0.738. The molecule has 0 unspecified atom stereocenters. The molecule has 0 aliphatic carbocycles. The zero-order valence-corrected chi connectivity index (χ0v) is 14.2. The maximum absolute atomic E-state index is 12.3. The van der Waals surface area contributed by atoms with Crippen molar-refractivity contribution in [3.63, 3.8) is 0 Å². The SMILES string of the molecule is Cc1csc(-c2cnc3c(C)cn(CC(=O)N4CCC4)c3c2)c1. The van der Waals surface area contributed by atoms with Crippen LogP contribution in [-0.4, -0.2) is 33.4 Å². The van der Waals surface area contributed by atoms with Gasteiger partial charge in [-0.25, -0.2) is 0 Å². The molecular weight excluding hydrogens is 306 g/mol. The van der Waals surface area contributed by atoms with Gasteiger partial charge in [0.1, 0.15) is 6.54 Å². The molecule has 4 heterocycles. The molecule has 0 bridgehead atoms. The Balaban J connectivity index is 1.73. The van der Waals surface area contributed by atoms with Gasteiger partial charge in [-0.1, -0.05) is 0 Å². The van der Waals surface area contributed by atoms with Crippen LogP contribution in [0.3, 0.4) is 0 Å². The molecule has 23 heavy (non-hydrogen) atoms. The van der Waals surface area contributed by atoms with E-state index >= 15 is 0 Å². The van der Waals surface area contributed by atoms with Gasteiger partial charge in [-0.3, -0.25) is 9.78 Å². The largest absolute Gasteiger partial charge is 0.341 e. The summed E-state index contributed by atoms with van der Waals surface area (Å²) in [7, 11) is 0. The number of amides is 1. The van der Waals surface area contributed by atoms with E-state index in [2.05, 4.69) is 36.3 Å². The highest BCUT2D eigenvalue weighted by atomic mass is 32.1. The van der Waals surface area contributed by atoms with E-state index in [1.807, 2.05) is 21.9 Å². The summed E-state index contributed by atoms with van der Waals surface area (Å²) >= 11 is 1.73. The molecule has 0 atom stereocenters. The first-order chi connectivity index (χ1) is 11.1. The van der Waals surface area contributed by atoms with E-state index in [4.69, 9.17) is 0 Å². The Morgan fingerprint density at radius 3 is 2.78 bits per heavy atom. The summed E-state index contributed by atoms with van der Waals surface area (Å²) in [5.41, 5.74) is 5.53. The first kappa shape index (κ1) is 14.5. The summed E-state index contributed by atoms with van der Waals surface area (Å²) in [5.74, 6) is 0.200. The number of fused-ring (bicyclic) bond motifs is 1. The van der Waals surface area contributed by atoms with Crippen LogP contribution in [0.4, 0.5) is 0 Å². The van der Waals surface area contributed by atoms with Gasteiger partial charge < -0.3 is 9.47 Å². The maximum Gasteiger partial charge on any atom is 0.242 e. The summed E-state index contributed by atoms with van der Waals surface area (Å²) in [6.07, 6.45) is 5.10. The molecule has 5 heteroatoms. The minimum Gasteiger partial charge on any atom is -0.341 e. The van der Waals surface area contributed by atoms with Gasteiger partial charge in [0.2, 0.25) is 5.91 Å². The number of carbonyl (C=O) groups excluding carboxylic acids is 1. The lowest BCUT2D eigenvalue weighted by atomic mass is 10.2. The van der Waals surface area contributed by atoms with E-state index in [-0.39, 0.29) is 5.91 Å². The smallest absolute Gasteiger partial charge is 0.242 e. The molecule has 4 nitrogen and oxygen atoms in total. The fourth-order valence-electron chi connectivity index (χ4n) is 3.00. The van der Waals surface area contributed by atoms with Crippen LogP contribution in [0.15, 0.2) is 29.9 Å². The number of hydrogen-bond acceptors (Lipinski definition) is 3. The van der Waals surface area contributed by atoms with Crippen molar-refractivity contribution in [2.24, 2.45) is 0 Å². The van der Waals surface area contributed by atoms with E-state index < -0.39 is 0 Å². The molecular formula is C18H19N3OS. The first-order valence-electron chi connectivity index (χ1n) is 7.90. The van der Waals surface area contributed by atoms with Crippen molar-refractivity contribution >= 4 is 28.3 Å². The number of likely N-dealkylation sites (tertiary alicyclic amines) is 1. The van der Waals surface area contributed by atoms with Gasteiger partial charge >= 0.3 is 0 Å². The molecule has 1 aliphatic rings. The van der Waals surface area contributed by atoms with Crippen LogP contribution in [0.1, 0.15) is 17.5 Å². The van der Waals surface area contributed by atoms with Crippen molar-refractivity contribution < 1.29 is 4.79 Å². The molecule has 0 aromatic carbocycles. The van der Waals surface area contributed by atoms with Crippen LogP contribution >= 0.6 is 11.3 Å². The summed E-state index contributed by atoms with van der Waals surface area (Å²) in [6, 6.07) is 4.34. The average Bonchev–Trinajstić information content (AvgIpc) is 3.02. The number of aryl methyl sites for hydroxylation is 2. The molecule has 0 saturated carbocycles. The van der Waals surface area contributed by atoms with Gasteiger partial charge in [0.15, 0.2) is 0 Å². The van der Waals surface area contributed by atoms with Crippen molar-refractivity contribution in [3.8, 4) is 10.4 Å². The zero-order valence-electron chi connectivity index (χ0n) is 13.4. The summed E-state index contributed by atoms with van der Waals surface area (Å²) < 4.78 is 2.04. The molecule has 1 fully saturated rings. The lowest BCUT2D eigenvalue weighted by Gasteiger charge is -2.31. The lowest BCUT2D eigenvalue weighted by Crippen LogP contribution is -2.43. The van der Waals surface area contributed by atoms with Crippen LogP contribution < -0.4 is 0 Å². The number of pyridine rings is 1. The van der Waals surface area contributed by atoms with Crippen LogP contribution in [-0.2, 0) is 11.3 Å². The molecule has 0 radical (unpaired) electrons. The van der Waals surface area contributed by atoms with E-state index in [0.717, 1.165) is 41.7 Å². The topological polar surface area (TPSA) is 38.1 Å². The third-order valence-electron chi connectivity index (χ3n) is 4.43. The van der Waals surface area contributed by atoms with Crippen molar-refractivity contribution in [2.45, 2.75) is 26.8 Å². The van der Waals surface area contributed by atoms with Gasteiger partial charge in [0, 0.05) is 35.9 Å². The lowest BCUT2D eigenvalue weighted by molar-refractivity contribution is -0.135. The van der Waals surface area contributed by atoms with E-state index in [1.54, 1.807) is 11.3 Å². The van der Waals surface area contributed by atoms with E-state index in [0.29, 0.717) is 6.54 Å². The van der Waals surface area contributed by atoms with Gasteiger partial charge in [-0.2, -0.15) is 0 Å². The van der Waals surface area contributed by atoms with Gasteiger partial charge in [-0.05, 0) is 48.9 Å². The number of thiophene rings is 1. The molecule has 0 spiro atoms. The third-order valence-corrected chi connectivity index (χ3v) is 5.53. The maximum atomic E-state index is 12.3. The Morgan fingerprint density at radius 1 is 1.30 bits per heavy atom. The second-order valence-corrected chi connectivity index (χ2v) is 7.17. The fraction of sp³-hybridized carbons (Fsp3) is 0.333. The molecule has 1 saturated heterocycles. The predicted octanol–water partition coefficient (Wildman–Crippen LogP) is 3.61. The Labute approximate surface area is 139 Å². The Kier molecular flexibility index (Phi) is 3.45. The Bertz CT molecular complexity index is 889. The van der Waals surface area contributed by atoms with E-state index in [1.165, 1.54) is 10.4 Å². The van der Waals surface area contributed by atoms with E-state index in [9.17, 15) is 4.79 Å². The summed E-state index contributed by atoms with van der Waals surface area (Å²) in [5, 5.41) is 2.15. The summed E-state index contributed by atoms with van der Waals surface area (Å²) in [6.45, 7) is 6.35. The first-order valence-corrected chi connectivity index (χ1v) is 8.78.